The van der Waals surface area contributed by atoms with Crippen LogP contribution >= 0.6 is 23.2 Å². The molecule has 2 rings (SSSR count). The van der Waals surface area contributed by atoms with Gasteiger partial charge in [-0.15, -0.1) is 0 Å². The predicted octanol–water partition coefficient (Wildman–Crippen LogP) is 5.61. The lowest BCUT2D eigenvalue weighted by atomic mass is 10.1. The number of anilines is 1. The number of aryl methyl sites for hydroxylation is 1. The van der Waals surface area contributed by atoms with E-state index in [1.54, 1.807) is 6.07 Å². The highest BCUT2D eigenvalue weighted by Crippen LogP contribution is 2.30. The lowest BCUT2D eigenvalue weighted by molar-refractivity contribution is 0.626. The minimum Gasteiger partial charge on any atom is -0.377 e. The molecule has 1 unspecified atom stereocenters. The molecule has 0 aliphatic carbocycles. The summed E-state index contributed by atoms with van der Waals surface area (Å²) in [5.74, 6) is -0.338. The van der Waals surface area contributed by atoms with Crippen LogP contribution < -0.4 is 5.32 Å². The average Bonchev–Trinajstić information content (AvgIpc) is 2.33. The van der Waals surface area contributed by atoms with E-state index in [9.17, 15) is 4.39 Å². The van der Waals surface area contributed by atoms with Crippen LogP contribution in [0.3, 0.4) is 0 Å². The molecule has 0 amide bonds. The molecule has 0 radical (unpaired) electrons. The van der Waals surface area contributed by atoms with Crippen LogP contribution in [0.15, 0.2) is 36.4 Å². The fourth-order valence-electron chi connectivity index (χ4n) is 1.91. The van der Waals surface area contributed by atoms with Crippen molar-refractivity contribution in [2.45, 2.75) is 19.9 Å². The zero-order chi connectivity index (χ0) is 14.0. The number of halogens is 3. The lowest BCUT2D eigenvalue weighted by Crippen LogP contribution is -2.08. The van der Waals surface area contributed by atoms with Gasteiger partial charge in [-0.1, -0.05) is 35.3 Å². The van der Waals surface area contributed by atoms with Gasteiger partial charge in [0.05, 0.1) is 16.8 Å². The van der Waals surface area contributed by atoms with E-state index < -0.39 is 0 Å². The first kappa shape index (κ1) is 14.2. The predicted molar refractivity (Wildman–Crippen MR) is 79.6 cm³/mol. The Labute approximate surface area is 122 Å². The molecule has 0 aliphatic heterocycles. The maximum absolute atomic E-state index is 13.0. The van der Waals surface area contributed by atoms with E-state index in [0.717, 1.165) is 16.8 Å². The van der Waals surface area contributed by atoms with Crippen molar-refractivity contribution >= 4 is 28.9 Å². The first-order chi connectivity index (χ1) is 8.97. The van der Waals surface area contributed by atoms with Crippen molar-refractivity contribution in [3.05, 3.63) is 63.4 Å². The molecule has 1 N–H and O–H groups in total. The van der Waals surface area contributed by atoms with E-state index in [1.165, 1.54) is 12.1 Å². The average molecular weight is 298 g/mol. The van der Waals surface area contributed by atoms with E-state index in [2.05, 4.69) is 5.32 Å². The Morgan fingerprint density at radius 1 is 1.05 bits per heavy atom. The Morgan fingerprint density at radius 3 is 2.47 bits per heavy atom. The minimum absolute atomic E-state index is 0.0626. The molecule has 0 fully saturated rings. The lowest BCUT2D eigenvalue weighted by Gasteiger charge is -2.18. The number of hydrogen-bond donors (Lipinski definition) is 1. The number of hydrogen-bond acceptors (Lipinski definition) is 1. The van der Waals surface area contributed by atoms with Crippen molar-refractivity contribution in [3.8, 4) is 0 Å². The molecule has 1 atom stereocenters. The molecule has 0 bridgehead atoms. The highest BCUT2D eigenvalue weighted by Gasteiger charge is 2.11. The smallest absolute Gasteiger partial charge is 0.124 e. The third-order valence-electron chi connectivity index (χ3n) is 2.92. The molecule has 0 aromatic heterocycles. The number of nitrogens with one attached hydrogen (secondary N) is 1. The minimum atomic E-state index is -0.338. The Kier molecular flexibility index (Phi) is 4.33. The summed E-state index contributed by atoms with van der Waals surface area (Å²) in [6.07, 6.45) is 0. The summed E-state index contributed by atoms with van der Waals surface area (Å²) in [6.45, 7) is 3.95. The Hall–Kier alpha value is -1.25. The summed E-state index contributed by atoms with van der Waals surface area (Å²) in [6, 6.07) is 10.1. The molecular weight excluding hydrogens is 284 g/mol. The quantitative estimate of drug-likeness (QED) is 0.776. The Morgan fingerprint density at radius 2 is 1.79 bits per heavy atom. The van der Waals surface area contributed by atoms with Crippen LogP contribution in [-0.2, 0) is 0 Å². The zero-order valence-corrected chi connectivity index (χ0v) is 12.2. The highest BCUT2D eigenvalue weighted by atomic mass is 35.5. The van der Waals surface area contributed by atoms with Crippen LogP contribution in [0.1, 0.15) is 24.1 Å². The molecule has 0 saturated carbocycles. The summed E-state index contributed by atoms with van der Waals surface area (Å²) >= 11 is 12.2. The summed E-state index contributed by atoms with van der Waals surface area (Å²) in [7, 11) is 0. The summed E-state index contributed by atoms with van der Waals surface area (Å²) in [5.41, 5.74) is 2.79. The topological polar surface area (TPSA) is 12.0 Å². The van der Waals surface area contributed by atoms with Crippen molar-refractivity contribution in [1.29, 1.82) is 0 Å². The second-order valence-corrected chi connectivity index (χ2v) is 5.33. The molecule has 4 heteroatoms. The monoisotopic (exact) mass is 297 g/mol. The SMILES string of the molecule is Cc1ccc(Cl)c(NC(C)c2ccc(F)cc2Cl)c1. The van der Waals surface area contributed by atoms with Crippen LogP contribution in [0.2, 0.25) is 10.0 Å². The summed E-state index contributed by atoms with van der Waals surface area (Å²) in [4.78, 5) is 0. The van der Waals surface area contributed by atoms with Gasteiger partial charge in [0.1, 0.15) is 5.82 Å². The van der Waals surface area contributed by atoms with Crippen LogP contribution in [0.5, 0.6) is 0 Å². The van der Waals surface area contributed by atoms with E-state index in [-0.39, 0.29) is 11.9 Å². The third kappa shape index (κ3) is 3.40. The van der Waals surface area contributed by atoms with Crippen LogP contribution in [0.4, 0.5) is 10.1 Å². The molecule has 0 spiro atoms. The van der Waals surface area contributed by atoms with Crippen molar-refractivity contribution in [1.82, 2.24) is 0 Å². The summed E-state index contributed by atoms with van der Waals surface area (Å²) in [5, 5.41) is 4.34. The fourth-order valence-corrected chi connectivity index (χ4v) is 2.42. The van der Waals surface area contributed by atoms with Crippen LogP contribution in [0.25, 0.3) is 0 Å². The Balaban J connectivity index is 2.25. The number of benzene rings is 2. The molecule has 0 saturated heterocycles. The van der Waals surface area contributed by atoms with Gasteiger partial charge in [0.15, 0.2) is 0 Å². The second-order valence-electron chi connectivity index (χ2n) is 4.52. The van der Waals surface area contributed by atoms with Crippen molar-refractivity contribution in [2.75, 3.05) is 5.32 Å². The van der Waals surface area contributed by atoms with E-state index in [1.807, 2.05) is 32.0 Å². The fraction of sp³-hybridized carbons (Fsp3) is 0.200. The Bertz CT molecular complexity index is 599. The van der Waals surface area contributed by atoms with Gasteiger partial charge in [-0.25, -0.2) is 4.39 Å². The molecule has 2 aromatic rings. The van der Waals surface area contributed by atoms with Gasteiger partial charge in [-0.3, -0.25) is 0 Å². The van der Waals surface area contributed by atoms with Gasteiger partial charge >= 0.3 is 0 Å². The maximum Gasteiger partial charge on any atom is 0.124 e. The van der Waals surface area contributed by atoms with E-state index in [4.69, 9.17) is 23.2 Å². The molecule has 0 aliphatic rings. The first-order valence-electron chi connectivity index (χ1n) is 5.95. The van der Waals surface area contributed by atoms with Gasteiger partial charge in [0.25, 0.3) is 0 Å². The van der Waals surface area contributed by atoms with E-state index >= 15 is 0 Å². The number of rotatable bonds is 3. The molecule has 19 heavy (non-hydrogen) atoms. The van der Waals surface area contributed by atoms with E-state index in [0.29, 0.717) is 10.0 Å². The van der Waals surface area contributed by atoms with Gasteiger partial charge in [-0.2, -0.15) is 0 Å². The zero-order valence-electron chi connectivity index (χ0n) is 10.7. The molecular formula is C15H14Cl2FN. The highest BCUT2D eigenvalue weighted by molar-refractivity contribution is 6.33. The molecule has 0 heterocycles. The molecule has 2 aromatic carbocycles. The largest absolute Gasteiger partial charge is 0.377 e. The van der Waals surface area contributed by atoms with Gasteiger partial charge in [0.2, 0.25) is 0 Å². The van der Waals surface area contributed by atoms with Crippen molar-refractivity contribution < 1.29 is 4.39 Å². The normalized spacial score (nSPS) is 12.3. The summed E-state index contributed by atoms with van der Waals surface area (Å²) < 4.78 is 13.0. The molecule has 1 nitrogen and oxygen atoms in total. The van der Waals surface area contributed by atoms with Crippen molar-refractivity contribution in [3.63, 3.8) is 0 Å². The van der Waals surface area contributed by atoms with Gasteiger partial charge in [0, 0.05) is 5.02 Å². The second kappa shape index (κ2) is 5.81. The third-order valence-corrected chi connectivity index (χ3v) is 3.58. The van der Waals surface area contributed by atoms with Crippen LogP contribution in [-0.4, -0.2) is 0 Å². The van der Waals surface area contributed by atoms with Crippen molar-refractivity contribution in [2.24, 2.45) is 0 Å². The van der Waals surface area contributed by atoms with Gasteiger partial charge < -0.3 is 5.32 Å². The first-order valence-corrected chi connectivity index (χ1v) is 6.70. The van der Waals surface area contributed by atoms with Crippen LogP contribution in [0, 0.1) is 12.7 Å². The standard InChI is InChI=1S/C15H14Cl2FN/c1-9-3-6-13(16)15(7-9)19-10(2)12-5-4-11(18)8-14(12)17/h3-8,10,19H,1-2H3. The molecule has 100 valence electrons. The maximum atomic E-state index is 13.0. The van der Waals surface area contributed by atoms with Gasteiger partial charge in [-0.05, 0) is 49.2 Å².